The normalized spacial score (nSPS) is 17.7. The van der Waals surface area contributed by atoms with Gasteiger partial charge in [-0.1, -0.05) is 49.9 Å². The molecule has 0 aliphatic heterocycles. The maximum atomic E-state index is 6.01. The lowest BCUT2D eigenvalue weighted by Crippen LogP contribution is -2.37. The monoisotopic (exact) mass is 471 g/mol. The molecule has 2 heterocycles. The van der Waals surface area contributed by atoms with Crippen LogP contribution < -0.4 is 15.5 Å². The predicted molar refractivity (Wildman–Crippen MR) is 146 cm³/mol. The molecule has 0 spiro atoms. The first-order chi connectivity index (χ1) is 16.6. The van der Waals surface area contributed by atoms with E-state index in [2.05, 4.69) is 52.8 Å². The number of para-hydroxylation sites is 1. The third-order valence-electron chi connectivity index (χ3n) is 6.73. The molecule has 2 aromatic carbocycles. The van der Waals surface area contributed by atoms with E-state index in [1.807, 2.05) is 44.4 Å². The summed E-state index contributed by atoms with van der Waals surface area (Å²) in [6.07, 6.45) is 4.47. The molecule has 2 aromatic heterocycles. The summed E-state index contributed by atoms with van der Waals surface area (Å²) in [5, 5.41) is 8.43. The lowest BCUT2D eigenvalue weighted by molar-refractivity contribution is 0.351. The molecule has 0 amide bonds. The van der Waals surface area contributed by atoms with Crippen LogP contribution in [0.3, 0.4) is 0 Å². The first-order valence-electron chi connectivity index (χ1n) is 12.2. The number of rotatable bonds is 7. The second kappa shape index (κ2) is 10.9. The number of anilines is 2. The van der Waals surface area contributed by atoms with Crippen LogP contribution in [0, 0.1) is 6.92 Å². The molecule has 1 aliphatic carbocycles. The highest BCUT2D eigenvalue weighted by Gasteiger charge is 2.22. The third kappa shape index (κ3) is 5.65. The maximum absolute atomic E-state index is 6.01. The van der Waals surface area contributed by atoms with Crippen LogP contribution in [-0.2, 0) is 6.54 Å². The average molecular weight is 472 g/mol. The summed E-state index contributed by atoms with van der Waals surface area (Å²) < 4.78 is 6.01. The average Bonchev–Trinajstić information content (AvgIpc) is 3.24. The Morgan fingerprint density at radius 2 is 1.60 bits per heavy atom. The van der Waals surface area contributed by atoms with Crippen molar-refractivity contribution in [2.45, 2.75) is 58.7 Å². The van der Waals surface area contributed by atoms with Gasteiger partial charge < -0.3 is 20.0 Å². The molecule has 0 atom stereocenters. The van der Waals surface area contributed by atoms with Gasteiger partial charge in [-0.05, 0) is 50.8 Å². The fourth-order valence-corrected chi connectivity index (χ4v) is 4.78. The van der Waals surface area contributed by atoms with Crippen molar-refractivity contribution in [2.75, 3.05) is 24.3 Å². The first kappa shape index (κ1) is 24.7. The van der Waals surface area contributed by atoms with Crippen LogP contribution in [-0.4, -0.2) is 36.1 Å². The number of hydrogen-bond acceptors (Lipinski definition) is 6. The lowest BCUT2D eigenvalue weighted by atomic mass is 9.91. The molecule has 5 rings (SSSR count). The highest BCUT2D eigenvalue weighted by molar-refractivity contribution is 5.90. The van der Waals surface area contributed by atoms with Gasteiger partial charge in [0.05, 0.1) is 5.52 Å². The number of furan rings is 1. The van der Waals surface area contributed by atoms with Crippen LogP contribution in [0.4, 0.5) is 11.8 Å². The number of aryl methyl sites for hydroxylation is 1. The fraction of sp³-hybridized carbons (Fsp3) is 0.379. The smallest absolute Gasteiger partial charge is 0.225 e. The lowest BCUT2D eigenvalue weighted by Gasteiger charge is -2.30. The van der Waals surface area contributed by atoms with Gasteiger partial charge in [0.2, 0.25) is 5.95 Å². The number of nitrogens with zero attached hydrogens (tertiary/aromatic N) is 3. The van der Waals surface area contributed by atoms with Crippen molar-refractivity contribution in [3.05, 3.63) is 72.0 Å². The summed E-state index contributed by atoms with van der Waals surface area (Å²) in [7, 11) is 4.06. The van der Waals surface area contributed by atoms with Crippen molar-refractivity contribution in [1.29, 1.82) is 0 Å². The fourth-order valence-electron chi connectivity index (χ4n) is 4.78. The summed E-state index contributed by atoms with van der Waals surface area (Å²) >= 11 is 0. The quantitative estimate of drug-likeness (QED) is 0.324. The van der Waals surface area contributed by atoms with Gasteiger partial charge in [-0.25, -0.2) is 4.98 Å². The van der Waals surface area contributed by atoms with E-state index in [9.17, 15) is 0 Å². The molecule has 1 fully saturated rings. The Balaban J connectivity index is 0.00000289. The zero-order chi connectivity index (χ0) is 23.5. The van der Waals surface area contributed by atoms with E-state index in [0.29, 0.717) is 12.1 Å². The second-order valence-corrected chi connectivity index (χ2v) is 9.41. The zero-order valence-corrected chi connectivity index (χ0v) is 20.2. The topological polar surface area (TPSA) is 66.2 Å². The van der Waals surface area contributed by atoms with Gasteiger partial charge in [0.15, 0.2) is 0 Å². The molecular weight excluding hydrogens is 434 g/mol. The van der Waals surface area contributed by atoms with Crippen LogP contribution in [0.25, 0.3) is 22.2 Å². The van der Waals surface area contributed by atoms with Gasteiger partial charge in [0.25, 0.3) is 0 Å². The Morgan fingerprint density at radius 1 is 0.914 bits per heavy atom. The standard InChI is InChI=1S/C28H33N5O.CH4/c1-19-21(17-26(34-19)20-9-5-4-6-10-20)18-29-22-13-15-23(16-14-22)30-28-31-25-12-8-7-11-24(25)27(32-28)33(2)3;/h4-12,17,22-23,29H,13-16,18H2,1-3H3,(H,30,31,32);1H4. The molecule has 1 saturated carbocycles. The largest absolute Gasteiger partial charge is 0.461 e. The SMILES string of the molecule is C.Cc1oc(-c2ccccc2)cc1CNC1CCC(Nc2nc(N(C)C)c3ccccc3n2)CC1. The summed E-state index contributed by atoms with van der Waals surface area (Å²) in [5.74, 6) is 3.61. The highest BCUT2D eigenvalue weighted by atomic mass is 16.3. The van der Waals surface area contributed by atoms with E-state index in [1.165, 1.54) is 5.56 Å². The van der Waals surface area contributed by atoms with Crippen LogP contribution in [0.2, 0.25) is 0 Å². The van der Waals surface area contributed by atoms with E-state index in [-0.39, 0.29) is 7.43 Å². The zero-order valence-electron chi connectivity index (χ0n) is 20.2. The Labute approximate surface area is 208 Å². The number of fused-ring (bicyclic) bond motifs is 1. The van der Waals surface area contributed by atoms with Gasteiger partial charge in [0, 0.05) is 49.2 Å². The predicted octanol–water partition coefficient (Wildman–Crippen LogP) is 6.41. The van der Waals surface area contributed by atoms with Gasteiger partial charge >= 0.3 is 0 Å². The molecule has 184 valence electrons. The molecule has 6 nitrogen and oxygen atoms in total. The molecular formula is C29H37N5O. The van der Waals surface area contributed by atoms with Crippen molar-refractivity contribution in [1.82, 2.24) is 15.3 Å². The van der Waals surface area contributed by atoms with E-state index in [0.717, 1.165) is 72.0 Å². The molecule has 0 radical (unpaired) electrons. The van der Waals surface area contributed by atoms with Crippen molar-refractivity contribution in [2.24, 2.45) is 0 Å². The Hall–Kier alpha value is -3.38. The molecule has 6 heteroatoms. The molecule has 2 N–H and O–H groups in total. The highest BCUT2D eigenvalue weighted by Crippen LogP contribution is 2.28. The van der Waals surface area contributed by atoms with E-state index in [1.54, 1.807) is 0 Å². The minimum absolute atomic E-state index is 0. The summed E-state index contributed by atoms with van der Waals surface area (Å²) in [5.41, 5.74) is 3.33. The summed E-state index contributed by atoms with van der Waals surface area (Å²) in [6.45, 7) is 2.89. The van der Waals surface area contributed by atoms with Gasteiger partial charge in [-0.2, -0.15) is 4.98 Å². The van der Waals surface area contributed by atoms with Gasteiger partial charge in [0.1, 0.15) is 17.3 Å². The molecule has 0 unspecified atom stereocenters. The van der Waals surface area contributed by atoms with E-state index < -0.39 is 0 Å². The number of nitrogens with one attached hydrogen (secondary N) is 2. The van der Waals surface area contributed by atoms with Crippen LogP contribution in [0.15, 0.2) is 65.1 Å². The Morgan fingerprint density at radius 3 is 2.34 bits per heavy atom. The number of benzene rings is 2. The summed E-state index contributed by atoms with van der Waals surface area (Å²) in [6, 6.07) is 21.6. The summed E-state index contributed by atoms with van der Waals surface area (Å²) in [4.78, 5) is 11.6. The first-order valence-corrected chi connectivity index (χ1v) is 12.2. The van der Waals surface area contributed by atoms with Crippen molar-refractivity contribution in [3.8, 4) is 11.3 Å². The van der Waals surface area contributed by atoms with Crippen LogP contribution in [0.1, 0.15) is 44.4 Å². The van der Waals surface area contributed by atoms with Crippen LogP contribution in [0.5, 0.6) is 0 Å². The third-order valence-corrected chi connectivity index (χ3v) is 6.73. The number of aromatic nitrogens is 2. The van der Waals surface area contributed by atoms with Crippen molar-refractivity contribution < 1.29 is 4.42 Å². The van der Waals surface area contributed by atoms with Crippen LogP contribution >= 0.6 is 0 Å². The Bertz CT molecular complexity index is 1240. The minimum Gasteiger partial charge on any atom is -0.461 e. The Kier molecular flexibility index (Phi) is 7.71. The van der Waals surface area contributed by atoms with E-state index in [4.69, 9.17) is 14.4 Å². The van der Waals surface area contributed by atoms with Crippen molar-refractivity contribution in [3.63, 3.8) is 0 Å². The number of hydrogen-bond donors (Lipinski definition) is 2. The molecule has 35 heavy (non-hydrogen) atoms. The second-order valence-electron chi connectivity index (χ2n) is 9.41. The molecule has 4 aromatic rings. The van der Waals surface area contributed by atoms with Gasteiger partial charge in [-0.3, -0.25) is 0 Å². The van der Waals surface area contributed by atoms with Gasteiger partial charge in [-0.15, -0.1) is 0 Å². The van der Waals surface area contributed by atoms with Crippen molar-refractivity contribution >= 4 is 22.7 Å². The maximum Gasteiger partial charge on any atom is 0.225 e. The molecule has 0 saturated heterocycles. The molecule has 1 aliphatic rings. The van der Waals surface area contributed by atoms with E-state index >= 15 is 0 Å². The molecule has 0 bridgehead atoms. The minimum atomic E-state index is 0.